The van der Waals surface area contributed by atoms with Gasteiger partial charge in [-0.3, -0.25) is 9.59 Å². The third kappa shape index (κ3) is 5.06. The first-order valence-electron chi connectivity index (χ1n) is 5.41. The topological polar surface area (TPSA) is 58.2 Å². The predicted octanol–water partition coefficient (Wildman–Crippen LogP) is 2.44. The molecule has 0 heterocycles. The lowest BCUT2D eigenvalue weighted by Gasteiger charge is -2.09. The van der Waals surface area contributed by atoms with Crippen LogP contribution in [0.2, 0.25) is 0 Å². The van der Waals surface area contributed by atoms with Crippen molar-refractivity contribution in [2.24, 2.45) is 0 Å². The van der Waals surface area contributed by atoms with Crippen LogP contribution in [-0.4, -0.2) is 24.2 Å². The molecule has 0 saturated carbocycles. The zero-order chi connectivity index (χ0) is 13.5. The number of halogens is 2. The highest BCUT2D eigenvalue weighted by Gasteiger charge is 2.06. The molecule has 0 aliphatic carbocycles. The largest absolute Gasteiger partial charge is 0.355 e. The first-order valence-corrected chi connectivity index (χ1v) is 6.74. The zero-order valence-corrected chi connectivity index (χ0v) is 12.3. The Hall–Kier alpha value is -1.07. The van der Waals surface area contributed by atoms with E-state index in [2.05, 4.69) is 26.6 Å². The molecule has 6 heteroatoms. The maximum absolute atomic E-state index is 11.6. The van der Waals surface area contributed by atoms with Gasteiger partial charge in [0.1, 0.15) is 5.88 Å². The van der Waals surface area contributed by atoms with Crippen molar-refractivity contribution in [1.29, 1.82) is 0 Å². The van der Waals surface area contributed by atoms with Crippen molar-refractivity contribution in [2.45, 2.75) is 13.3 Å². The summed E-state index contributed by atoms with van der Waals surface area (Å²) in [5, 5.41) is 5.32. The molecule has 0 aliphatic rings. The van der Waals surface area contributed by atoms with Crippen LogP contribution in [0.25, 0.3) is 0 Å². The van der Waals surface area contributed by atoms with Crippen molar-refractivity contribution in [3.8, 4) is 0 Å². The molecule has 2 amide bonds. The Morgan fingerprint density at radius 2 is 2.06 bits per heavy atom. The summed E-state index contributed by atoms with van der Waals surface area (Å²) in [5.74, 6) is -0.513. The van der Waals surface area contributed by atoms with Crippen LogP contribution in [0, 0.1) is 6.92 Å². The predicted molar refractivity (Wildman–Crippen MR) is 75.9 cm³/mol. The van der Waals surface area contributed by atoms with Crippen LogP contribution in [0.5, 0.6) is 0 Å². The van der Waals surface area contributed by atoms with Gasteiger partial charge < -0.3 is 10.6 Å². The van der Waals surface area contributed by atoms with Gasteiger partial charge in [-0.25, -0.2) is 0 Å². The minimum Gasteiger partial charge on any atom is -0.355 e. The first kappa shape index (κ1) is 15.0. The van der Waals surface area contributed by atoms with Gasteiger partial charge in [0, 0.05) is 23.1 Å². The van der Waals surface area contributed by atoms with Crippen molar-refractivity contribution in [3.05, 3.63) is 28.2 Å². The van der Waals surface area contributed by atoms with Gasteiger partial charge in [0.05, 0.1) is 0 Å². The normalized spacial score (nSPS) is 9.94. The molecule has 0 spiro atoms. The second-order valence-corrected chi connectivity index (χ2v) is 4.92. The lowest BCUT2D eigenvalue weighted by molar-refractivity contribution is -0.119. The third-order valence-corrected chi connectivity index (χ3v) is 3.01. The molecule has 4 nitrogen and oxygen atoms in total. The summed E-state index contributed by atoms with van der Waals surface area (Å²) in [5.41, 5.74) is 1.74. The minimum atomic E-state index is -0.275. The zero-order valence-electron chi connectivity index (χ0n) is 9.93. The Balaban J connectivity index is 2.44. The number of benzene rings is 1. The standard InChI is InChI=1S/C12H14BrClN2O2/c1-8-2-3-9(13)6-10(8)16-11(17)4-5-15-12(18)7-14/h2-3,6H,4-5,7H2,1H3,(H,15,18)(H,16,17). The summed E-state index contributed by atoms with van der Waals surface area (Å²) in [6.45, 7) is 2.20. The Kier molecular flexibility index (Phi) is 6.15. The molecule has 2 N–H and O–H groups in total. The molecular formula is C12H14BrClN2O2. The highest BCUT2D eigenvalue weighted by molar-refractivity contribution is 9.10. The number of aryl methyl sites for hydroxylation is 1. The maximum Gasteiger partial charge on any atom is 0.234 e. The van der Waals surface area contributed by atoms with Crippen LogP contribution >= 0.6 is 27.5 Å². The average molecular weight is 334 g/mol. The fraction of sp³-hybridized carbons (Fsp3) is 0.333. The first-order chi connectivity index (χ1) is 8.52. The fourth-order valence-electron chi connectivity index (χ4n) is 1.30. The highest BCUT2D eigenvalue weighted by atomic mass is 79.9. The van der Waals surface area contributed by atoms with E-state index in [9.17, 15) is 9.59 Å². The molecule has 1 rings (SSSR count). The van der Waals surface area contributed by atoms with Crippen LogP contribution in [0.1, 0.15) is 12.0 Å². The maximum atomic E-state index is 11.6. The van der Waals surface area contributed by atoms with Gasteiger partial charge in [0.2, 0.25) is 11.8 Å². The van der Waals surface area contributed by atoms with E-state index in [0.717, 1.165) is 15.7 Å². The molecule has 0 unspecified atom stereocenters. The van der Waals surface area contributed by atoms with Gasteiger partial charge in [-0.2, -0.15) is 0 Å². The van der Waals surface area contributed by atoms with Gasteiger partial charge in [-0.15, -0.1) is 11.6 Å². The lowest BCUT2D eigenvalue weighted by Crippen LogP contribution is -2.28. The van der Waals surface area contributed by atoms with E-state index < -0.39 is 0 Å². The van der Waals surface area contributed by atoms with Crippen LogP contribution in [-0.2, 0) is 9.59 Å². The molecule has 0 aromatic heterocycles. The number of hydrogen-bond donors (Lipinski definition) is 2. The molecule has 1 aromatic carbocycles. The van der Waals surface area contributed by atoms with Crippen molar-refractivity contribution >= 4 is 45.0 Å². The Morgan fingerprint density at radius 3 is 2.72 bits per heavy atom. The number of rotatable bonds is 5. The molecule has 0 saturated heterocycles. The molecule has 0 bridgehead atoms. The summed E-state index contributed by atoms with van der Waals surface area (Å²) in [6, 6.07) is 5.66. The molecule has 0 atom stereocenters. The van der Waals surface area contributed by atoms with E-state index in [1.807, 2.05) is 25.1 Å². The average Bonchev–Trinajstić information content (AvgIpc) is 2.33. The summed E-state index contributed by atoms with van der Waals surface area (Å²) in [6.07, 6.45) is 0.217. The summed E-state index contributed by atoms with van der Waals surface area (Å²) < 4.78 is 0.902. The quantitative estimate of drug-likeness (QED) is 0.813. The molecule has 0 fully saturated rings. The van der Waals surface area contributed by atoms with Gasteiger partial charge in [-0.1, -0.05) is 22.0 Å². The highest BCUT2D eigenvalue weighted by Crippen LogP contribution is 2.20. The number of hydrogen-bond acceptors (Lipinski definition) is 2. The van der Waals surface area contributed by atoms with Crippen LogP contribution in [0.3, 0.4) is 0 Å². The Labute approximate surface area is 119 Å². The van der Waals surface area contributed by atoms with E-state index in [4.69, 9.17) is 11.6 Å². The van der Waals surface area contributed by atoms with E-state index >= 15 is 0 Å². The van der Waals surface area contributed by atoms with Gasteiger partial charge in [0.15, 0.2) is 0 Å². The second-order valence-electron chi connectivity index (χ2n) is 3.74. The van der Waals surface area contributed by atoms with Crippen molar-refractivity contribution in [2.75, 3.05) is 17.7 Å². The lowest BCUT2D eigenvalue weighted by atomic mass is 10.2. The number of carbonyl (C=O) groups excluding carboxylic acids is 2. The molecular weight excluding hydrogens is 320 g/mol. The van der Waals surface area contributed by atoms with Crippen molar-refractivity contribution < 1.29 is 9.59 Å². The summed E-state index contributed by atoms with van der Waals surface area (Å²) in [7, 11) is 0. The van der Waals surface area contributed by atoms with Gasteiger partial charge in [0.25, 0.3) is 0 Å². The number of anilines is 1. The molecule has 0 radical (unpaired) electrons. The van der Waals surface area contributed by atoms with E-state index in [0.29, 0.717) is 0 Å². The van der Waals surface area contributed by atoms with Crippen LogP contribution in [0.4, 0.5) is 5.69 Å². The Bertz CT molecular complexity index is 452. The molecule has 98 valence electrons. The van der Waals surface area contributed by atoms with Crippen molar-refractivity contribution in [1.82, 2.24) is 5.32 Å². The van der Waals surface area contributed by atoms with E-state index in [1.54, 1.807) is 0 Å². The van der Waals surface area contributed by atoms with Crippen molar-refractivity contribution in [3.63, 3.8) is 0 Å². The molecule has 18 heavy (non-hydrogen) atoms. The smallest absolute Gasteiger partial charge is 0.234 e. The van der Waals surface area contributed by atoms with E-state index in [-0.39, 0.29) is 30.7 Å². The van der Waals surface area contributed by atoms with Crippen LogP contribution < -0.4 is 10.6 Å². The third-order valence-electron chi connectivity index (χ3n) is 2.27. The van der Waals surface area contributed by atoms with E-state index in [1.165, 1.54) is 0 Å². The number of alkyl halides is 1. The number of nitrogens with one attached hydrogen (secondary N) is 2. The summed E-state index contributed by atoms with van der Waals surface area (Å²) >= 11 is 8.66. The summed E-state index contributed by atoms with van der Waals surface area (Å²) in [4.78, 5) is 22.5. The SMILES string of the molecule is Cc1ccc(Br)cc1NC(=O)CCNC(=O)CCl. The fourth-order valence-corrected chi connectivity index (χ4v) is 1.76. The minimum absolute atomic E-state index is 0.0909. The monoisotopic (exact) mass is 332 g/mol. The number of carbonyl (C=O) groups is 2. The van der Waals surface area contributed by atoms with Gasteiger partial charge in [-0.05, 0) is 24.6 Å². The van der Waals surface area contributed by atoms with Crippen LogP contribution in [0.15, 0.2) is 22.7 Å². The molecule has 0 aliphatic heterocycles. The molecule has 1 aromatic rings. The Morgan fingerprint density at radius 1 is 1.33 bits per heavy atom. The van der Waals surface area contributed by atoms with Gasteiger partial charge >= 0.3 is 0 Å². The second kappa shape index (κ2) is 7.38. The number of amides is 2.